The predicted molar refractivity (Wildman–Crippen MR) is 86.6 cm³/mol. The van der Waals surface area contributed by atoms with Gasteiger partial charge >= 0.3 is 6.03 Å². The summed E-state index contributed by atoms with van der Waals surface area (Å²) in [5, 5.41) is 13.8. The minimum atomic E-state index is -0.355. The molecule has 0 radical (unpaired) electrons. The topological polar surface area (TPSA) is 76.1 Å². The first-order chi connectivity index (χ1) is 10.2. The Morgan fingerprint density at radius 2 is 2.24 bits per heavy atom. The highest BCUT2D eigenvalue weighted by molar-refractivity contribution is 8.01. The Hall–Kier alpha value is -1.80. The van der Waals surface area contributed by atoms with Crippen LogP contribution in [0.5, 0.6) is 5.75 Å². The molecule has 2 amide bonds. The van der Waals surface area contributed by atoms with E-state index in [0.29, 0.717) is 16.6 Å². The Bertz CT molecular complexity index is 603. The van der Waals surface area contributed by atoms with E-state index < -0.39 is 0 Å². The molecule has 112 valence electrons. The van der Waals surface area contributed by atoms with E-state index in [0.717, 1.165) is 16.5 Å². The summed E-state index contributed by atoms with van der Waals surface area (Å²) in [7, 11) is 1.58. The van der Waals surface area contributed by atoms with Gasteiger partial charge in [0.15, 0.2) is 4.34 Å². The number of carbonyl (C=O) groups is 1. The third-order valence-corrected chi connectivity index (χ3v) is 4.56. The summed E-state index contributed by atoms with van der Waals surface area (Å²) in [5.74, 6) is 1.67. The van der Waals surface area contributed by atoms with Crippen molar-refractivity contribution < 1.29 is 9.53 Å². The van der Waals surface area contributed by atoms with Gasteiger partial charge in [0, 0.05) is 17.5 Å². The van der Waals surface area contributed by atoms with Crippen molar-refractivity contribution in [3.05, 3.63) is 24.3 Å². The van der Waals surface area contributed by atoms with Gasteiger partial charge in [0.05, 0.1) is 7.11 Å². The second-order valence-corrected chi connectivity index (χ2v) is 6.35. The molecule has 0 atom stereocenters. The molecule has 1 aromatic carbocycles. The highest BCUT2D eigenvalue weighted by atomic mass is 32.2. The minimum absolute atomic E-state index is 0.355. The molecule has 2 rings (SSSR count). The van der Waals surface area contributed by atoms with Crippen LogP contribution in [0.1, 0.15) is 13.3 Å². The second-order valence-electron chi connectivity index (χ2n) is 4.03. The first-order valence-electron chi connectivity index (χ1n) is 6.39. The summed E-state index contributed by atoms with van der Waals surface area (Å²) in [4.78, 5) is 11.9. The molecule has 1 aromatic heterocycles. The summed E-state index contributed by atoms with van der Waals surface area (Å²) in [5.41, 5.74) is 0.650. The number of ether oxygens (including phenoxy) is 1. The first kappa shape index (κ1) is 15.6. The molecule has 0 aliphatic carbocycles. The zero-order chi connectivity index (χ0) is 15.1. The average molecular weight is 324 g/mol. The van der Waals surface area contributed by atoms with E-state index in [9.17, 15) is 4.79 Å². The molecule has 0 fully saturated rings. The standard InChI is InChI=1S/C13H16N4O2S2/c1-3-7-20-13-17-16-12(21-13)15-11(18)14-9-5-4-6-10(8-9)19-2/h4-6,8H,3,7H2,1-2H3,(H2,14,15,16,18). The normalized spacial score (nSPS) is 10.2. The number of urea groups is 1. The molecular formula is C13H16N4O2S2. The maximum absolute atomic E-state index is 11.9. The molecule has 8 heteroatoms. The minimum Gasteiger partial charge on any atom is -0.497 e. The first-order valence-corrected chi connectivity index (χ1v) is 8.20. The molecule has 0 saturated carbocycles. The Morgan fingerprint density at radius 1 is 1.38 bits per heavy atom. The lowest BCUT2D eigenvalue weighted by Gasteiger charge is -2.06. The third kappa shape index (κ3) is 4.91. The number of aromatic nitrogens is 2. The van der Waals surface area contributed by atoms with Gasteiger partial charge in [-0.2, -0.15) is 0 Å². The van der Waals surface area contributed by atoms with Gasteiger partial charge < -0.3 is 10.1 Å². The fourth-order valence-electron chi connectivity index (χ4n) is 1.47. The number of methoxy groups -OCH3 is 1. The summed E-state index contributed by atoms with van der Waals surface area (Å²) in [6.45, 7) is 2.11. The van der Waals surface area contributed by atoms with Crippen molar-refractivity contribution in [2.45, 2.75) is 17.7 Å². The molecule has 0 unspecified atom stereocenters. The molecule has 6 nitrogen and oxygen atoms in total. The molecule has 21 heavy (non-hydrogen) atoms. The Morgan fingerprint density at radius 3 is 3.00 bits per heavy atom. The SMILES string of the molecule is CCCSc1nnc(NC(=O)Nc2cccc(OC)c2)s1. The highest BCUT2D eigenvalue weighted by Gasteiger charge is 2.08. The smallest absolute Gasteiger partial charge is 0.325 e. The number of carbonyl (C=O) groups excluding carboxylic acids is 1. The summed E-state index contributed by atoms with van der Waals surface area (Å²) >= 11 is 3.00. The van der Waals surface area contributed by atoms with E-state index in [1.165, 1.54) is 11.3 Å². The fourth-order valence-corrected chi connectivity index (χ4v) is 3.14. The zero-order valence-electron chi connectivity index (χ0n) is 11.8. The van der Waals surface area contributed by atoms with Gasteiger partial charge in [0.1, 0.15) is 5.75 Å². The van der Waals surface area contributed by atoms with Crippen LogP contribution >= 0.6 is 23.1 Å². The molecule has 2 N–H and O–H groups in total. The van der Waals surface area contributed by atoms with Crippen LogP contribution in [-0.2, 0) is 0 Å². The van der Waals surface area contributed by atoms with Gasteiger partial charge in [-0.05, 0) is 18.6 Å². The molecule has 0 aliphatic rings. The van der Waals surface area contributed by atoms with E-state index in [4.69, 9.17) is 4.74 Å². The van der Waals surface area contributed by atoms with Crippen LogP contribution in [0.4, 0.5) is 15.6 Å². The van der Waals surface area contributed by atoms with Crippen LogP contribution in [0.15, 0.2) is 28.6 Å². The van der Waals surface area contributed by atoms with Gasteiger partial charge in [-0.25, -0.2) is 4.79 Å². The van der Waals surface area contributed by atoms with Crippen LogP contribution in [0, 0.1) is 0 Å². The Kier molecular flexibility index (Phi) is 5.82. The number of hydrogen-bond donors (Lipinski definition) is 2. The number of rotatable bonds is 6. The van der Waals surface area contributed by atoms with Gasteiger partial charge in [0.2, 0.25) is 5.13 Å². The number of amides is 2. The lowest BCUT2D eigenvalue weighted by molar-refractivity contribution is 0.262. The number of hydrogen-bond acceptors (Lipinski definition) is 6. The number of anilines is 2. The van der Waals surface area contributed by atoms with E-state index in [1.54, 1.807) is 37.1 Å². The second kappa shape index (κ2) is 7.84. The molecule has 0 saturated heterocycles. The molecule has 0 spiro atoms. The van der Waals surface area contributed by atoms with Crippen molar-refractivity contribution in [1.82, 2.24) is 10.2 Å². The van der Waals surface area contributed by atoms with E-state index in [-0.39, 0.29) is 6.03 Å². The highest BCUT2D eigenvalue weighted by Crippen LogP contribution is 2.26. The van der Waals surface area contributed by atoms with Crippen molar-refractivity contribution >= 4 is 39.9 Å². The third-order valence-electron chi connectivity index (χ3n) is 2.38. The molecule has 2 aromatic rings. The van der Waals surface area contributed by atoms with Gasteiger partial charge in [-0.15, -0.1) is 10.2 Å². The number of nitrogens with zero attached hydrogens (tertiary/aromatic N) is 2. The van der Waals surface area contributed by atoms with Crippen LogP contribution in [0.25, 0.3) is 0 Å². The fraction of sp³-hybridized carbons (Fsp3) is 0.308. The van der Waals surface area contributed by atoms with Crippen molar-refractivity contribution in [3.63, 3.8) is 0 Å². The summed E-state index contributed by atoms with van der Waals surface area (Å²) in [6, 6.07) is 6.78. The maximum Gasteiger partial charge on any atom is 0.325 e. The molecule has 1 heterocycles. The van der Waals surface area contributed by atoms with Crippen LogP contribution in [0.2, 0.25) is 0 Å². The molecule has 0 bridgehead atoms. The Balaban J connectivity index is 1.90. The monoisotopic (exact) mass is 324 g/mol. The molecule has 0 aliphatic heterocycles. The van der Waals surface area contributed by atoms with Crippen molar-refractivity contribution in [2.75, 3.05) is 23.5 Å². The van der Waals surface area contributed by atoms with Crippen molar-refractivity contribution in [1.29, 1.82) is 0 Å². The maximum atomic E-state index is 11.9. The van der Waals surface area contributed by atoms with E-state index in [2.05, 4.69) is 27.8 Å². The van der Waals surface area contributed by atoms with Crippen molar-refractivity contribution in [3.8, 4) is 5.75 Å². The summed E-state index contributed by atoms with van der Waals surface area (Å²) in [6.07, 6.45) is 1.07. The van der Waals surface area contributed by atoms with Crippen LogP contribution in [0.3, 0.4) is 0 Å². The average Bonchev–Trinajstić information content (AvgIpc) is 2.92. The molecular weight excluding hydrogens is 308 g/mol. The predicted octanol–water partition coefficient (Wildman–Crippen LogP) is 3.69. The van der Waals surface area contributed by atoms with Crippen LogP contribution in [-0.4, -0.2) is 29.1 Å². The number of thioether (sulfide) groups is 1. The van der Waals surface area contributed by atoms with Crippen LogP contribution < -0.4 is 15.4 Å². The van der Waals surface area contributed by atoms with Crippen molar-refractivity contribution in [2.24, 2.45) is 0 Å². The van der Waals surface area contributed by atoms with Gasteiger partial charge in [-0.3, -0.25) is 5.32 Å². The number of benzene rings is 1. The lowest BCUT2D eigenvalue weighted by Crippen LogP contribution is -2.19. The Labute approximate surface area is 131 Å². The van der Waals surface area contributed by atoms with Gasteiger partial charge in [-0.1, -0.05) is 36.1 Å². The zero-order valence-corrected chi connectivity index (χ0v) is 13.4. The number of nitrogens with one attached hydrogen (secondary N) is 2. The van der Waals surface area contributed by atoms with E-state index in [1.807, 2.05) is 6.07 Å². The lowest BCUT2D eigenvalue weighted by atomic mass is 10.3. The van der Waals surface area contributed by atoms with E-state index >= 15 is 0 Å². The summed E-state index contributed by atoms with van der Waals surface area (Å²) < 4.78 is 5.96. The largest absolute Gasteiger partial charge is 0.497 e. The quantitative estimate of drug-likeness (QED) is 0.626. The van der Waals surface area contributed by atoms with Gasteiger partial charge in [0.25, 0.3) is 0 Å².